The summed E-state index contributed by atoms with van der Waals surface area (Å²) in [5.41, 5.74) is 1.59. The Labute approximate surface area is 165 Å². The van der Waals surface area contributed by atoms with Crippen molar-refractivity contribution in [2.45, 2.75) is 32.7 Å². The third-order valence-corrected chi connectivity index (χ3v) is 5.37. The van der Waals surface area contributed by atoms with E-state index in [-0.39, 0.29) is 35.5 Å². The highest BCUT2D eigenvalue weighted by Crippen LogP contribution is 2.25. The number of benzene rings is 2. The van der Waals surface area contributed by atoms with Crippen LogP contribution in [0.1, 0.15) is 48.7 Å². The molecule has 1 unspecified atom stereocenters. The fraction of sp³-hybridized carbons (Fsp3) is 0.391. The Morgan fingerprint density at radius 2 is 1.61 bits per heavy atom. The van der Waals surface area contributed by atoms with Gasteiger partial charge in [0.15, 0.2) is 0 Å². The second-order valence-corrected chi connectivity index (χ2v) is 7.71. The molecule has 0 bridgehead atoms. The molecule has 148 valence electrons. The van der Waals surface area contributed by atoms with E-state index in [9.17, 15) is 14.0 Å². The lowest BCUT2D eigenvalue weighted by Gasteiger charge is -2.33. The summed E-state index contributed by atoms with van der Waals surface area (Å²) in [6.45, 7) is 5.27. The Morgan fingerprint density at radius 1 is 1.00 bits per heavy atom. The summed E-state index contributed by atoms with van der Waals surface area (Å²) in [7, 11) is 0. The summed E-state index contributed by atoms with van der Waals surface area (Å²) < 4.78 is 13.0. The predicted molar refractivity (Wildman–Crippen MR) is 107 cm³/mol. The highest BCUT2D eigenvalue weighted by atomic mass is 19.1. The zero-order chi connectivity index (χ0) is 20.1. The number of piperidine rings is 1. The maximum absolute atomic E-state index is 13.0. The Kier molecular flexibility index (Phi) is 6.45. The molecule has 1 saturated heterocycles. The van der Waals surface area contributed by atoms with Crippen LogP contribution in [0.4, 0.5) is 4.39 Å². The number of carbonyl (C=O) groups is 2. The van der Waals surface area contributed by atoms with E-state index in [0.717, 1.165) is 5.56 Å². The quantitative estimate of drug-likeness (QED) is 0.843. The number of nitrogens with zero attached hydrogens (tertiary/aromatic N) is 1. The molecule has 2 aromatic rings. The molecule has 2 aromatic carbocycles. The number of hydrogen-bond donors (Lipinski definition) is 1. The summed E-state index contributed by atoms with van der Waals surface area (Å²) in [5, 5.41) is 3.20. The summed E-state index contributed by atoms with van der Waals surface area (Å²) in [6.07, 6.45) is 1.27. The molecule has 0 saturated carbocycles. The summed E-state index contributed by atoms with van der Waals surface area (Å²) in [6, 6.07) is 15.6. The lowest BCUT2D eigenvalue weighted by molar-refractivity contribution is -0.127. The van der Waals surface area contributed by atoms with Crippen molar-refractivity contribution in [1.82, 2.24) is 10.2 Å². The third-order valence-electron chi connectivity index (χ3n) is 5.37. The Hall–Kier alpha value is -2.69. The van der Waals surface area contributed by atoms with Gasteiger partial charge >= 0.3 is 0 Å². The van der Waals surface area contributed by atoms with Crippen molar-refractivity contribution in [1.29, 1.82) is 0 Å². The first-order valence-electron chi connectivity index (χ1n) is 9.86. The molecule has 0 aliphatic carbocycles. The number of rotatable bonds is 5. The van der Waals surface area contributed by atoms with E-state index in [1.54, 1.807) is 4.90 Å². The van der Waals surface area contributed by atoms with E-state index >= 15 is 0 Å². The van der Waals surface area contributed by atoms with Gasteiger partial charge < -0.3 is 10.2 Å². The first kappa shape index (κ1) is 20.1. The van der Waals surface area contributed by atoms with Crippen molar-refractivity contribution in [3.63, 3.8) is 0 Å². The molecule has 3 rings (SSSR count). The van der Waals surface area contributed by atoms with Gasteiger partial charge in [-0.2, -0.15) is 0 Å². The molecule has 2 amide bonds. The molecule has 28 heavy (non-hydrogen) atoms. The molecule has 1 atom stereocenters. The standard InChI is InChI=1S/C23H27FN2O2/c1-16(2)21(17-6-4-3-5-7-17)25-22(27)18-12-14-26(15-13-18)23(28)19-8-10-20(24)11-9-19/h3-11,16,18,21H,12-15H2,1-2H3,(H,25,27). The minimum absolute atomic E-state index is 0.0208. The number of carbonyl (C=O) groups excluding carboxylic acids is 2. The van der Waals surface area contributed by atoms with E-state index in [4.69, 9.17) is 0 Å². The molecular formula is C23H27FN2O2. The van der Waals surface area contributed by atoms with E-state index < -0.39 is 0 Å². The smallest absolute Gasteiger partial charge is 0.253 e. The van der Waals surface area contributed by atoms with Gasteiger partial charge in [0.05, 0.1) is 6.04 Å². The number of halogens is 1. The Balaban J connectivity index is 1.57. The average Bonchev–Trinajstić information content (AvgIpc) is 2.72. The van der Waals surface area contributed by atoms with Gasteiger partial charge in [-0.1, -0.05) is 44.2 Å². The number of hydrogen-bond acceptors (Lipinski definition) is 2. The summed E-state index contributed by atoms with van der Waals surface area (Å²) in [4.78, 5) is 27.1. The fourth-order valence-corrected chi connectivity index (χ4v) is 3.69. The third kappa shape index (κ3) is 4.77. The van der Waals surface area contributed by atoms with Crippen molar-refractivity contribution >= 4 is 11.8 Å². The first-order valence-corrected chi connectivity index (χ1v) is 9.86. The summed E-state index contributed by atoms with van der Waals surface area (Å²) in [5.74, 6) is -0.224. The van der Waals surface area contributed by atoms with E-state index in [1.165, 1.54) is 24.3 Å². The molecular weight excluding hydrogens is 355 g/mol. The molecule has 0 spiro atoms. The van der Waals surface area contributed by atoms with Crippen LogP contribution >= 0.6 is 0 Å². The van der Waals surface area contributed by atoms with Crippen LogP contribution in [0.3, 0.4) is 0 Å². The normalized spacial score (nSPS) is 16.1. The molecule has 0 radical (unpaired) electrons. The molecule has 1 fully saturated rings. The zero-order valence-electron chi connectivity index (χ0n) is 16.4. The predicted octanol–water partition coefficient (Wildman–Crippen LogP) is 4.19. The molecule has 5 heteroatoms. The van der Waals surface area contributed by atoms with Gasteiger partial charge in [0.25, 0.3) is 5.91 Å². The molecule has 0 aromatic heterocycles. The molecule has 1 N–H and O–H groups in total. The van der Waals surface area contributed by atoms with Crippen molar-refractivity contribution in [3.8, 4) is 0 Å². The Morgan fingerprint density at radius 3 is 2.18 bits per heavy atom. The van der Waals surface area contributed by atoms with E-state index in [2.05, 4.69) is 19.2 Å². The van der Waals surface area contributed by atoms with Crippen molar-refractivity contribution in [2.75, 3.05) is 13.1 Å². The highest BCUT2D eigenvalue weighted by molar-refractivity contribution is 5.94. The number of likely N-dealkylation sites (tertiary alicyclic amines) is 1. The minimum Gasteiger partial charge on any atom is -0.349 e. The maximum Gasteiger partial charge on any atom is 0.253 e. The second kappa shape index (κ2) is 9.00. The molecule has 4 nitrogen and oxygen atoms in total. The lowest BCUT2D eigenvalue weighted by Crippen LogP contribution is -2.44. The largest absolute Gasteiger partial charge is 0.349 e. The second-order valence-electron chi connectivity index (χ2n) is 7.71. The molecule has 1 aliphatic rings. The van der Waals surface area contributed by atoms with Crippen LogP contribution in [-0.4, -0.2) is 29.8 Å². The van der Waals surface area contributed by atoms with Crippen LogP contribution < -0.4 is 5.32 Å². The lowest BCUT2D eigenvalue weighted by atomic mass is 9.92. The van der Waals surface area contributed by atoms with Crippen molar-refractivity contribution < 1.29 is 14.0 Å². The zero-order valence-corrected chi connectivity index (χ0v) is 16.4. The minimum atomic E-state index is -0.356. The van der Waals surface area contributed by atoms with Gasteiger partial charge in [-0.3, -0.25) is 9.59 Å². The molecule has 1 aliphatic heterocycles. The monoisotopic (exact) mass is 382 g/mol. The average molecular weight is 382 g/mol. The SMILES string of the molecule is CC(C)C(NC(=O)C1CCN(C(=O)c2ccc(F)cc2)CC1)c1ccccc1. The van der Waals surface area contributed by atoms with Crippen LogP contribution in [0, 0.1) is 17.7 Å². The van der Waals surface area contributed by atoms with Gasteiger partial charge in [0.2, 0.25) is 5.91 Å². The van der Waals surface area contributed by atoms with Crippen LogP contribution in [0.2, 0.25) is 0 Å². The van der Waals surface area contributed by atoms with Crippen molar-refractivity contribution in [3.05, 3.63) is 71.5 Å². The number of nitrogens with one attached hydrogen (secondary N) is 1. The van der Waals surface area contributed by atoms with Crippen LogP contribution in [0.5, 0.6) is 0 Å². The van der Waals surface area contributed by atoms with Gasteiger partial charge in [-0.15, -0.1) is 0 Å². The van der Waals surface area contributed by atoms with Crippen molar-refractivity contribution in [2.24, 2.45) is 11.8 Å². The number of amides is 2. The van der Waals surface area contributed by atoms with E-state index in [1.807, 2.05) is 30.3 Å². The first-order chi connectivity index (χ1) is 13.5. The van der Waals surface area contributed by atoms with Gasteiger partial charge in [-0.25, -0.2) is 4.39 Å². The van der Waals surface area contributed by atoms with E-state index in [0.29, 0.717) is 31.5 Å². The van der Waals surface area contributed by atoms with Crippen LogP contribution in [0.15, 0.2) is 54.6 Å². The van der Waals surface area contributed by atoms with Crippen LogP contribution in [-0.2, 0) is 4.79 Å². The van der Waals surface area contributed by atoms with Gasteiger partial charge in [0, 0.05) is 24.6 Å². The molecule has 1 heterocycles. The maximum atomic E-state index is 13.0. The summed E-state index contributed by atoms with van der Waals surface area (Å²) >= 11 is 0. The van der Waals surface area contributed by atoms with Crippen LogP contribution in [0.25, 0.3) is 0 Å². The van der Waals surface area contributed by atoms with Gasteiger partial charge in [-0.05, 0) is 48.6 Å². The Bertz CT molecular complexity index is 797. The van der Waals surface area contributed by atoms with Gasteiger partial charge in [0.1, 0.15) is 5.82 Å². The topological polar surface area (TPSA) is 49.4 Å². The fourth-order valence-electron chi connectivity index (χ4n) is 3.69. The highest BCUT2D eigenvalue weighted by Gasteiger charge is 2.29.